The SMILES string of the molecule is C[C@@H](O)[C@H](NC(=O)C1CCCCS1(=O)=O)C(=O)O. The second kappa shape index (κ2) is 5.66. The lowest BCUT2D eigenvalue weighted by molar-refractivity contribution is -0.144. The van der Waals surface area contributed by atoms with Crippen LogP contribution in [0.1, 0.15) is 26.2 Å². The van der Waals surface area contributed by atoms with Crippen molar-refractivity contribution in [1.29, 1.82) is 0 Å². The minimum absolute atomic E-state index is 0.0580. The molecule has 3 atom stereocenters. The summed E-state index contributed by atoms with van der Waals surface area (Å²) in [5, 5.41) is 18.9. The van der Waals surface area contributed by atoms with E-state index in [0.717, 1.165) is 0 Å². The molecule has 1 unspecified atom stereocenters. The molecule has 0 aromatic rings. The number of nitrogens with one attached hydrogen (secondary N) is 1. The van der Waals surface area contributed by atoms with Gasteiger partial charge >= 0.3 is 5.97 Å². The lowest BCUT2D eigenvalue weighted by Gasteiger charge is -2.24. The molecule has 1 rings (SSSR count). The number of aliphatic carboxylic acids is 1. The highest BCUT2D eigenvalue weighted by molar-refractivity contribution is 7.92. The van der Waals surface area contributed by atoms with Crippen LogP contribution >= 0.6 is 0 Å². The maximum absolute atomic E-state index is 11.8. The van der Waals surface area contributed by atoms with E-state index in [1.54, 1.807) is 0 Å². The highest BCUT2D eigenvalue weighted by Crippen LogP contribution is 2.19. The molecule has 7 nitrogen and oxygen atoms in total. The van der Waals surface area contributed by atoms with Gasteiger partial charge in [-0.3, -0.25) is 4.79 Å². The van der Waals surface area contributed by atoms with Gasteiger partial charge in [-0.1, -0.05) is 6.42 Å². The normalized spacial score (nSPS) is 26.0. The van der Waals surface area contributed by atoms with Gasteiger partial charge in [-0.05, 0) is 19.8 Å². The van der Waals surface area contributed by atoms with Crippen LogP contribution in [0.25, 0.3) is 0 Å². The molecule has 104 valence electrons. The van der Waals surface area contributed by atoms with Gasteiger partial charge < -0.3 is 15.5 Å². The summed E-state index contributed by atoms with van der Waals surface area (Å²) in [5.74, 6) is -2.30. The van der Waals surface area contributed by atoms with E-state index in [1.807, 2.05) is 0 Å². The van der Waals surface area contributed by atoms with Crippen LogP contribution in [-0.4, -0.2) is 53.7 Å². The molecule has 0 aromatic heterocycles. The number of amides is 1. The Morgan fingerprint density at radius 1 is 1.33 bits per heavy atom. The number of rotatable bonds is 4. The van der Waals surface area contributed by atoms with Crippen molar-refractivity contribution in [3.05, 3.63) is 0 Å². The van der Waals surface area contributed by atoms with Crippen molar-refractivity contribution in [3.63, 3.8) is 0 Å². The molecule has 0 spiro atoms. The predicted molar refractivity (Wildman–Crippen MR) is 62.7 cm³/mol. The zero-order valence-electron chi connectivity index (χ0n) is 10.00. The third kappa shape index (κ3) is 3.42. The largest absolute Gasteiger partial charge is 0.480 e. The molecule has 0 bridgehead atoms. The smallest absolute Gasteiger partial charge is 0.328 e. The van der Waals surface area contributed by atoms with E-state index in [0.29, 0.717) is 12.8 Å². The average Bonchev–Trinajstić information content (AvgIpc) is 2.23. The number of hydrogen-bond donors (Lipinski definition) is 3. The Labute approximate surface area is 105 Å². The van der Waals surface area contributed by atoms with Gasteiger partial charge in [0.25, 0.3) is 0 Å². The molecule has 1 aliphatic heterocycles. The fourth-order valence-corrected chi connectivity index (χ4v) is 3.69. The Balaban J connectivity index is 2.78. The fourth-order valence-electron chi connectivity index (χ4n) is 1.88. The van der Waals surface area contributed by atoms with Gasteiger partial charge in [0.15, 0.2) is 15.9 Å². The summed E-state index contributed by atoms with van der Waals surface area (Å²) in [6.07, 6.45) is 0.0345. The molecule has 0 saturated carbocycles. The average molecular weight is 279 g/mol. The van der Waals surface area contributed by atoms with Gasteiger partial charge in [0.05, 0.1) is 11.9 Å². The van der Waals surface area contributed by atoms with Crippen molar-refractivity contribution < 1.29 is 28.2 Å². The minimum Gasteiger partial charge on any atom is -0.480 e. The molecule has 1 heterocycles. The Hall–Kier alpha value is -1.15. The van der Waals surface area contributed by atoms with E-state index in [1.165, 1.54) is 6.92 Å². The van der Waals surface area contributed by atoms with E-state index in [9.17, 15) is 23.1 Å². The monoisotopic (exact) mass is 279 g/mol. The summed E-state index contributed by atoms with van der Waals surface area (Å²) in [6, 6.07) is -1.49. The van der Waals surface area contributed by atoms with Crippen molar-refractivity contribution in [2.24, 2.45) is 0 Å². The van der Waals surface area contributed by atoms with E-state index in [4.69, 9.17) is 5.11 Å². The summed E-state index contributed by atoms with van der Waals surface area (Å²) in [4.78, 5) is 22.6. The predicted octanol–water partition coefficient (Wildman–Crippen LogP) is -1.10. The molecule has 1 fully saturated rings. The Morgan fingerprint density at radius 3 is 2.39 bits per heavy atom. The third-order valence-corrected chi connectivity index (χ3v) is 5.09. The van der Waals surface area contributed by atoms with Crippen LogP contribution in [0.2, 0.25) is 0 Å². The van der Waals surface area contributed by atoms with E-state index in [2.05, 4.69) is 5.32 Å². The number of carbonyl (C=O) groups is 2. The number of sulfone groups is 1. The van der Waals surface area contributed by atoms with Gasteiger partial charge in [-0.15, -0.1) is 0 Å². The number of aliphatic hydroxyl groups excluding tert-OH is 1. The summed E-state index contributed by atoms with van der Waals surface area (Å²) in [7, 11) is -3.51. The molecule has 0 radical (unpaired) electrons. The first-order chi connectivity index (χ1) is 8.25. The van der Waals surface area contributed by atoms with Gasteiger partial charge in [-0.25, -0.2) is 13.2 Å². The van der Waals surface area contributed by atoms with Gasteiger partial charge in [0, 0.05) is 0 Å². The number of carboxylic acid groups (broad SMARTS) is 1. The summed E-state index contributed by atoms with van der Waals surface area (Å²) in [5.41, 5.74) is 0. The van der Waals surface area contributed by atoms with Crippen LogP contribution in [0.4, 0.5) is 0 Å². The second-order valence-corrected chi connectivity index (χ2v) is 6.72. The highest BCUT2D eigenvalue weighted by atomic mass is 32.2. The summed E-state index contributed by atoms with van der Waals surface area (Å²) < 4.78 is 23.3. The molecule has 0 aromatic carbocycles. The molecule has 8 heteroatoms. The van der Waals surface area contributed by atoms with Crippen molar-refractivity contribution in [2.45, 2.75) is 43.6 Å². The topological polar surface area (TPSA) is 121 Å². The zero-order valence-corrected chi connectivity index (χ0v) is 10.8. The molecule has 1 saturated heterocycles. The molecule has 3 N–H and O–H groups in total. The highest BCUT2D eigenvalue weighted by Gasteiger charge is 2.37. The Morgan fingerprint density at radius 2 is 1.94 bits per heavy atom. The zero-order chi connectivity index (χ0) is 13.9. The van der Waals surface area contributed by atoms with Crippen LogP contribution in [0, 0.1) is 0 Å². The molecule has 1 amide bonds. The fraction of sp³-hybridized carbons (Fsp3) is 0.800. The van der Waals surface area contributed by atoms with Gasteiger partial charge in [0.2, 0.25) is 5.91 Å². The lowest BCUT2D eigenvalue weighted by Crippen LogP contribution is -2.53. The lowest BCUT2D eigenvalue weighted by atomic mass is 10.1. The number of hydrogen-bond acceptors (Lipinski definition) is 5. The molecule has 1 aliphatic rings. The quantitative estimate of drug-likeness (QED) is 0.601. The van der Waals surface area contributed by atoms with E-state index in [-0.39, 0.29) is 12.2 Å². The first kappa shape index (κ1) is 14.9. The van der Waals surface area contributed by atoms with Gasteiger partial charge in [-0.2, -0.15) is 0 Å². The van der Waals surface area contributed by atoms with E-state index < -0.39 is 39.1 Å². The Kier molecular flexibility index (Phi) is 4.69. The van der Waals surface area contributed by atoms with Crippen molar-refractivity contribution >= 4 is 21.7 Å². The summed E-state index contributed by atoms with van der Waals surface area (Å²) >= 11 is 0. The van der Waals surface area contributed by atoms with Crippen LogP contribution in [-0.2, 0) is 19.4 Å². The number of carbonyl (C=O) groups excluding carboxylic acids is 1. The second-order valence-electron chi connectivity index (χ2n) is 4.42. The van der Waals surface area contributed by atoms with Crippen LogP contribution in [0.5, 0.6) is 0 Å². The van der Waals surface area contributed by atoms with Crippen molar-refractivity contribution in [1.82, 2.24) is 5.32 Å². The number of carboxylic acids is 1. The van der Waals surface area contributed by atoms with Crippen molar-refractivity contribution in [3.8, 4) is 0 Å². The molecular formula is C10H17NO6S. The standard InChI is InChI=1S/C10H17NO6S/c1-6(12)8(10(14)15)11-9(13)7-4-2-3-5-18(7,16)17/h6-8,12H,2-5H2,1H3,(H,11,13)(H,14,15)/t6-,7?,8+/m1/s1. The van der Waals surface area contributed by atoms with Crippen LogP contribution in [0.3, 0.4) is 0 Å². The van der Waals surface area contributed by atoms with Crippen molar-refractivity contribution in [2.75, 3.05) is 5.75 Å². The molecule has 0 aliphatic carbocycles. The maximum Gasteiger partial charge on any atom is 0.328 e. The first-order valence-corrected chi connectivity index (χ1v) is 7.40. The van der Waals surface area contributed by atoms with Gasteiger partial charge in [0.1, 0.15) is 5.25 Å². The summed E-state index contributed by atoms with van der Waals surface area (Å²) in [6.45, 7) is 1.22. The minimum atomic E-state index is -3.51. The third-order valence-electron chi connectivity index (χ3n) is 2.92. The van der Waals surface area contributed by atoms with E-state index >= 15 is 0 Å². The number of aliphatic hydroxyl groups is 1. The Bertz CT molecular complexity index is 430. The molecule has 18 heavy (non-hydrogen) atoms. The molecular weight excluding hydrogens is 262 g/mol. The van der Waals surface area contributed by atoms with Crippen LogP contribution < -0.4 is 5.32 Å². The van der Waals surface area contributed by atoms with Crippen LogP contribution in [0.15, 0.2) is 0 Å². The maximum atomic E-state index is 11.8. The first-order valence-electron chi connectivity index (χ1n) is 5.68.